The molecule has 6 heteroatoms. The Morgan fingerprint density at radius 1 is 1.30 bits per heavy atom. The van der Waals surface area contributed by atoms with Crippen LogP contribution in [0.2, 0.25) is 0 Å². The predicted molar refractivity (Wildman–Crippen MR) is 105 cm³/mol. The maximum atomic E-state index is 12.9. The number of benzene rings is 1. The Morgan fingerprint density at radius 2 is 2.15 bits per heavy atom. The lowest BCUT2D eigenvalue weighted by Gasteiger charge is -2.29. The van der Waals surface area contributed by atoms with E-state index in [0.29, 0.717) is 18.0 Å². The van der Waals surface area contributed by atoms with E-state index in [2.05, 4.69) is 60.4 Å². The van der Waals surface area contributed by atoms with Crippen LogP contribution in [0.5, 0.6) is 0 Å². The molecule has 27 heavy (non-hydrogen) atoms. The summed E-state index contributed by atoms with van der Waals surface area (Å²) in [6.45, 7) is 7.44. The van der Waals surface area contributed by atoms with E-state index < -0.39 is 0 Å². The first-order valence-corrected chi connectivity index (χ1v) is 10.3. The van der Waals surface area contributed by atoms with Gasteiger partial charge in [0.25, 0.3) is 0 Å². The van der Waals surface area contributed by atoms with Crippen molar-refractivity contribution in [2.45, 2.75) is 76.8 Å². The first-order chi connectivity index (χ1) is 13.0. The van der Waals surface area contributed by atoms with E-state index in [-0.39, 0.29) is 24.2 Å². The Balaban J connectivity index is 1.41. The lowest BCUT2D eigenvalue weighted by Crippen LogP contribution is -2.47. The molecule has 2 saturated heterocycles. The molecule has 0 saturated carbocycles. The standard InChI is InChI=1S/C21H32N4O2/c1-12(2)21-24-19(25-27-21)15-5-6-17-14(11-15)4-7-18(17)20(26)23-16-8-9-22-13(3)10-16/h5-6,11-13,16,18-19,21-22,24-25H,4,7-10H2,1-3H3,(H,23,26)/t13?,16?,18-,19?,21?/m1/s1. The molecule has 1 aromatic carbocycles. The minimum Gasteiger partial charge on any atom is -0.353 e. The van der Waals surface area contributed by atoms with Gasteiger partial charge in [-0.3, -0.25) is 14.9 Å². The Kier molecular flexibility index (Phi) is 5.50. The maximum absolute atomic E-state index is 12.9. The minimum absolute atomic E-state index is 0.00630. The highest BCUT2D eigenvalue weighted by Crippen LogP contribution is 2.35. The van der Waals surface area contributed by atoms with Crippen LogP contribution in [0.1, 0.15) is 68.8 Å². The van der Waals surface area contributed by atoms with Gasteiger partial charge < -0.3 is 10.6 Å². The van der Waals surface area contributed by atoms with Crippen LogP contribution in [-0.4, -0.2) is 30.8 Å². The topological polar surface area (TPSA) is 74.4 Å². The molecule has 0 radical (unpaired) electrons. The number of amides is 1. The van der Waals surface area contributed by atoms with Crippen LogP contribution in [0.15, 0.2) is 18.2 Å². The largest absolute Gasteiger partial charge is 0.353 e. The molecule has 2 fully saturated rings. The molecule has 4 N–H and O–H groups in total. The Bertz CT molecular complexity index is 693. The molecule has 2 aliphatic heterocycles. The van der Waals surface area contributed by atoms with E-state index >= 15 is 0 Å². The van der Waals surface area contributed by atoms with Gasteiger partial charge in [-0.1, -0.05) is 32.0 Å². The molecule has 0 spiro atoms. The molecule has 5 atom stereocenters. The number of piperidine rings is 1. The zero-order valence-electron chi connectivity index (χ0n) is 16.5. The second-order valence-corrected chi connectivity index (χ2v) is 8.63. The summed E-state index contributed by atoms with van der Waals surface area (Å²) in [5, 5.41) is 10.2. The molecular formula is C21H32N4O2. The molecule has 148 valence electrons. The second-order valence-electron chi connectivity index (χ2n) is 8.63. The molecule has 1 aliphatic carbocycles. The predicted octanol–water partition coefficient (Wildman–Crippen LogP) is 2.08. The SMILES string of the molecule is CC1CC(NC(=O)[C@@H]2CCc3cc(C4NOC(C(C)C)N4)ccc32)CCN1. The van der Waals surface area contributed by atoms with E-state index in [4.69, 9.17) is 4.84 Å². The summed E-state index contributed by atoms with van der Waals surface area (Å²) in [7, 11) is 0. The number of nitrogens with one attached hydrogen (secondary N) is 4. The molecule has 0 aromatic heterocycles. The van der Waals surface area contributed by atoms with E-state index in [0.717, 1.165) is 32.2 Å². The van der Waals surface area contributed by atoms with E-state index in [1.807, 2.05) is 0 Å². The summed E-state index contributed by atoms with van der Waals surface area (Å²) >= 11 is 0. The van der Waals surface area contributed by atoms with Crippen molar-refractivity contribution in [3.05, 3.63) is 34.9 Å². The lowest BCUT2D eigenvalue weighted by atomic mass is 9.96. The van der Waals surface area contributed by atoms with Crippen LogP contribution in [0.25, 0.3) is 0 Å². The van der Waals surface area contributed by atoms with Crippen molar-refractivity contribution in [2.24, 2.45) is 5.92 Å². The summed E-state index contributed by atoms with van der Waals surface area (Å²) < 4.78 is 0. The van der Waals surface area contributed by atoms with Gasteiger partial charge in [0.1, 0.15) is 12.4 Å². The third kappa shape index (κ3) is 4.04. The number of carbonyl (C=O) groups is 1. The molecule has 2 heterocycles. The van der Waals surface area contributed by atoms with Crippen LogP contribution in [0.4, 0.5) is 0 Å². The Morgan fingerprint density at radius 3 is 2.89 bits per heavy atom. The number of rotatable bonds is 4. The number of hydrogen-bond donors (Lipinski definition) is 4. The summed E-state index contributed by atoms with van der Waals surface area (Å²) in [6, 6.07) is 7.26. The fraction of sp³-hybridized carbons (Fsp3) is 0.667. The van der Waals surface area contributed by atoms with Crippen molar-refractivity contribution in [2.75, 3.05) is 6.54 Å². The highest BCUT2D eigenvalue weighted by atomic mass is 16.7. The van der Waals surface area contributed by atoms with Crippen molar-refractivity contribution in [1.82, 2.24) is 21.4 Å². The van der Waals surface area contributed by atoms with Crippen molar-refractivity contribution in [3.8, 4) is 0 Å². The highest BCUT2D eigenvalue weighted by molar-refractivity contribution is 5.85. The van der Waals surface area contributed by atoms with Gasteiger partial charge in [0.15, 0.2) is 0 Å². The van der Waals surface area contributed by atoms with Gasteiger partial charge in [-0.05, 0) is 61.8 Å². The zero-order valence-corrected chi connectivity index (χ0v) is 16.5. The monoisotopic (exact) mass is 372 g/mol. The van der Waals surface area contributed by atoms with Gasteiger partial charge in [-0.25, -0.2) is 0 Å². The zero-order chi connectivity index (χ0) is 19.0. The fourth-order valence-electron chi connectivity index (χ4n) is 4.52. The van der Waals surface area contributed by atoms with Gasteiger partial charge in [0.2, 0.25) is 5.91 Å². The molecule has 4 rings (SSSR count). The molecular weight excluding hydrogens is 340 g/mol. The van der Waals surface area contributed by atoms with Crippen LogP contribution in [-0.2, 0) is 16.1 Å². The third-order valence-electron chi connectivity index (χ3n) is 6.11. The lowest BCUT2D eigenvalue weighted by molar-refractivity contribution is -0.123. The van der Waals surface area contributed by atoms with Crippen LogP contribution >= 0.6 is 0 Å². The number of hydroxylamine groups is 1. The smallest absolute Gasteiger partial charge is 0.227 e. The fourth-order valence-corrected chi connectivity index (χ4v) is 4.52. The molecule has 1 aromatic rings. The summed E-state index contributed by atoms with van der Waals surface area (Å²) in [5.74, 6) is 0.590. The summed E-state index contributed by atoms with van der Waals surface area (Å²) in [6.07, 6.45) is 3.93. The van der Waals surface area contributed by atoms with Crippen LogP contribution in [0.3, 0.4) is 0 Å². The van der Waals surface area contributed by atoms with Crippen LogP contribution < -0.4 is 21.4 Å². The Labute approximate surface area is 161 Å². The molecule has 6 nitrogen and oxygen atoms in total. The number of hydrogen-bond acceptors (Lipinski definition) is 5. The van der Waals surface area contributed by atoms with Crippen molar-refractivity contribution >= 4 is 5.91 Å². The van der Waals surface area contributed by atoms with Crippen molar-refractivity contribution in [1.29, 1.82) is 0 Å². The van der Waals surface area contributed by atoms with E-state index in [1.165, 1.54) is 16.7 Å². The van der Waals surface area contributed by atoms with Gasteiger partial charge in [-0.15, -0.1) is 0 Å². The first kappa shape index (κ1) is 18.9. The third-order valence-corrected chi connectivity index (χ3v) is 6.11. The molecule has 1 amide bonds. The molecule has 4 unspecified atom stereocenters. The first-order valence-electron chi connectivity index (χ1n) is 10.3. The maximum Gasteiger partial charge on any atom is 0.227 e. The summed E-state index contributed by atoms with van der Waals surface area (Å²) in [5.41, 5.74) is 6.75. The highest BCUT2D eigenvalue weighted by Gasteiger charge is 2.33. The van der Waals surface area contributed by atoms with Gasteiger partial charge >= 0.3 is 0 Å². The number of carbonyl (C=O) groups excluding carboxylic acids is 1. The van der Waals surface area contributed by atoms with Gasteiger partial charge in [0.05, 0.1) is 5.92 Å². The number of aryl methyl sites for hydroxylation is 1. The van der Waals surface area contributed by atoms with Crippen molar-refractivity contribution < 1.29 is 9.63 Å². The number of fused-ring (bicyclic) bond motifs is 1. The van der Waals surface area contributed by atoms with E-state index in [1.54, 1.807) is 0 Å². The molecule has 3 aliphatic rings. The quantitative estimate of drug-likeness (QED) is 0.651. The average molecular weight is 373 g/mol. The van der Waals surface area contributed by atoms with Crippen molar-refractivity contribution in [3.63, 3.8) is 0 Å². The minimum atomic E-state index is -0.0107. The molecule has 0 bridgehead atoms. The van der Waals surface area contributed by atoms with Gasteiger partial charge in [-0.2, -0.15) is 5.48 Å². The summed E-state index contributed by atoms with van der Waals surface area (Å²) in [4.78, 5) is 18.5. The Hall–Kier alpha value is -1.47. The average Bonchev–Trinajstić information content (AvgIpc) is 3.28. The van der Waals surface area contributed by atoms with E-state index in [9.17, 15) is 4.79 Å². The van der Waals surface area contributed by atoms with Gasteiger partial charge in [0, 0.05) is 12.1 Å². The van der Waals surface area contributed by atoms with Crippen LogP contribution in [0, 0.1) is 5.92 Å². The normalized spacial score (nSPS) is 33.3. The second kappa shape index (κ2) is 7.87.